The molecule has 5 heteroatoms. The lowest BCUT2D eigenvalue weighted by Crippen LogP contribution is -2.37. The molecule has 1 amide bonds. The van der Waals surface area contributed by atoms with Crippen LogP contribution in [0, 0.1) is 11.8 Å². The van der Waals surface area contributed by atoms with Crippen molar-refractivity contribution in [2.24, 2.45) is 11.8 Å². The maximum Gasteiger partial charge on any atom is 0.410 e. The Balaban J connectivity index is 1.94. The molecule has 0 aromatic rings. The van der Waals surface area contributed by atoms with E-state index in [9.17, 15) is 14.3 Å². The van der Waals surface area contributed by atoms with Crippen molar-refractivity contribution in [3.05, 3.63) is 0 Å². The number of amides is 1. The van der Waals surface area contributed by atoms with Gasteiger partial charge in [0, 0.05) is 19.0 Å². The van der Waals surface area contributed by atoms with Crippen molar-refractivity contribution in [3.8, 4) is 0 Å². The Hall–Kier alpha value is -0.840. The summed E-state index contributed by atoms with van der Waals surface area (Å²) in [6, 6.07) is 0. The zero-order valence-corrected chi connectivity index (χ0v) is 10.5. The fourth-order valence-corrected chi connectivity index (χ4v) is 2.71. The van der Waals surface area contributed by atoms with Gasteiger partial charge in [-0.2, -0.15) is 0 Å². The molecule has 98 valence electrons. The zero-order chi connectivity index (χ0) is 12.8. The summed E-state index contributed by atoms with van der Waals surface area (Å²) < 4.78 is 18.9. The molecular formula is C12H20FNO3. The first-order valence-corrected chi connectivity index (χ1v) is 6.08. The fraction of sp³-hybridized carbons (Fsp3) is 0.917. The molecule has 0 unspecified atom stereocenters. The number of aliphatic hydroxyl groups excluding tert-OH is 1. The summed E-state index contributed by atoms with van der Waals surface area (Å²) in [5.41, 5.74) is -0.524. The van der Waals surface area contributed by atoms with Gasteiger partial charge in [-0.15, -0.1) is 0 Å². The van der Waals surface area contributed by atoms with Gasteiger partial charge in [0.2, 0.25) is 0 Å². The Morgan fingerprint density at radius 3 is 2.59 bits per heavy atom. The Morgan fingerprint density at radius 1 is 1.41 bits per heavy atom. The average Bonchev–Trinajstić information content (AvgIpc) is 2.66. The van der Waals surface area contributed by atoms with Crippen LogP contribution in [0.4, 0.5) is 9.18 Å². The third kappa shape index (κ3) is 2.54. The SMILES string of the molecule is CC(C)(C)OC(=O)N1C[C@@H]2C[C@H](O)[C@@H](F)[C@@H]2C1. The second kappa shape index (κ2) is 4.12. The van der Waals surface area contributed by atoms with Crippen molar-refractivity contribution in [1.29, 1.82) is 0 Å². The van der Waals surface area contributed by atoms with Crippen LogP contribution in [0.3, 0.4) is 0 Å². The molecule has 0 radical (unpaired) electrons. The standard InChI is InChI=1S/C12H20FNO3/c1-12(2,3)17-11(16)14-5-7-4-9(15)10(13)8(7)6-14/h7-10,15H,4-6H2,1-3H3/t7-,8+,9-,10-/m0/s1. The molecule has 1 N–H and O–H groups in total. The highest BCUT2D eigenvalue weighted by Crippen LogP contribution is 2.40. The summed E-state index contributed by atoms with van der Waals surface area (Å²) in [5.74, 6) is -0.148. The number of nitrogens with zero attached hydrogens (tertiary/aromatic N) is 1. The highest BCUT2D eigenvalue weighted by atomic mass is 19.1. The lowest BCUT2D eigenvalue weighted by atomic mass is 10.0. The summed E-state index contributed by atoms with van der Waals surface area (Å²) >= 11 is 0. The summed E-state index contributed by atoms with van der Waals surface area (Å²) in [7, 11) is 0. The number of likely N-dealkylation sites (tertiary alicyclic amines) is 1. The van der Waals surface area contributed by atoms with E-state index in [1.165, 1.54) is 0 Å². The van der Waals surface area contributed by atoms with Crippen molar-refractivity contribution >= 4 is 6.09 Å². The number of carbonyl (C=O) groups excluding carboxylic acids is 1. The Bertz CT molecular complexity index is 315. The molecule has 1 aliphatic heterocycles. The number of hydrogen-bond acceptors (Lipinski definition) is 3. The minimum Gasteiger partial charge on any atom is -0.444 e. The van der Waals surface area contributed by atoms with Crippen LogP contribution >= 0.6 is 0 Å². The van der Waals surface area contributed by atoms with E-state index in [1.54, 1.807) is 4.90 Å². The zero-order valence-electron chi connectivity index (χ0n) is 10.5. The van der Waals surface area contributed by atoms with Gasteiger partial charge in [0.05, 0.1) is 6.10 Å². The van der Waals surface area contributed by atoms with Crippen LogP contribution in [-0.2, 0) is 4.74 Å². The van der Waals surface area contributed by atoms with Gasteiger partial charge < -0.3 is 14.7 Å². The van der Waals surface area contributed by atoms with E-state index in [0.717, 1.165) is 0 Å². The van der Waals surface area contributed by atoms with Crippen molar-refractivity contribution in [3.63, 3.8) is 0 Å². The van der Waals surface area contributed by atoms with Gasteiger partial charge in [-0.3, -0.25) is 0 Å². The lowest BCUT2D eigenvalue weighted by molar-refractivity contribution is 0.0236. The molecule has 2 fully saturated rings. The molecule has 0 aromatic carbocycles. The molecular weight excluding hydrogens is 225 g/mol. The van der Waals surface area contributed by atoms with E-state index in [1.807, 2.05) is 20.8 Å². The molecule has 2 aliphatic rings. The molecule has 0 spiro atoms. The van der Waals surface area contributed by atoms with Crippen LogP contribution in [0.25, 0.3) is 0 Å². The van der Waals surface area contributed by atoms with E-state index in [2.05, 4.69) is 0 Å². The van der Waals surface area contributed by atoms with Crippen LogP contribution in [0.15, 0.2) is 0 Å². The quantitative estimate of drug-likeness (QED) is 0.704. The van der Waals surface area contributed by atoms with E-state index in [4.69, 9.17) is 4.74 Å². The minimum atomic E-state index is -1.20. The summed E-state index contributed by atoms with van der Waals surface area (Å²) in [6.45, 7) is 6.28. The van der Waals surface area contributed by atoms with Crippen LogP contribution in [-0.4, -0.2) is 47.1 Å². The van der Waals surface area contributed by atoms with Gasteiger partial charge in [-0.25, -0.2) is 9.18 Å². The topological polar surface area (TPSA) is 49.8 Å². The third-order valence-corrected chi connectivity index (χ3v) is 3.46. The molecule has 17 heavy (non-hydrogen) atoms. The number of halogens is 1. The maximum absolute atomic E-state index is 13.6. The molecule has 1 saturated carbocycles. The molecule has 1 heterocycles. The number of carbonyl (C=O) groups is 1. The smallest absolute Gasteiger partial charge is 0.410 e. The van der Waals surface area contributed by atoms with E-state index in [-0.39, 0.29) is 17.9 Å². The van der Waals surface area contributed by atoms with Crippen molar-refractivity contribution in [1.82, 2.24) is 4.90 Å². The highest BCUT2D eigenvalue weighted by Gasteiger charge is 2.49. The molecule has 1 aliphatic carbocycles. The van der Waals surface area contributed by atoms with E-state index < -0.39 is 17.9 Å². The maximum atomic E-state index is 13.6. The third-order valence-electron chi connectivity index (χ3n) is 3.46. The molecule has 4 nitrogen and oxygen atoms in total. The van der Waals surface area contributed by atoms with Gasteiger partial charge in [0.15, 0.2) is 0 Å². The van der Waals surface area contributed by atoms with Crippen molar-refractivity contribution in [2.75, 3.05) is 13.1 Å². The van der Waals surface area contributed by atoms with Gasteiger partial charge >= 0.3 is 6.09 Å². The fourth-order valence-electron chi connectivity index (χ4n) is 2.71. The largest absolute Gasteiger partial charge is 0.444 e. The van der Waals surface area contributed by atoms with Crippen LogP contribution in [0.1, 0.15) is 27.2 Å². The van der Waals surface area contributed by atoms with Gasteiger partial charge in [-0.1, -0.05) is 0 Å². The molecule has 2 rings (SSSR count). The predicted octanol–water partition coefficient (Wildman–Crippen LogP) is 1.57. The van der Waals surface area contributed by atoms with Crippen LogP contribution < -0.4 is 0 Å². The second-order valence-corrected chi connectivity index (χ2v) is 6.06. The first-order chi connectivity index (χ1) is 7.78. The van der Waals surface area contributed by atoms with Crippen molar-refractivity contribution in [2.45, 2.75) is 45.1 Å². The van der Waals surface area contributed by atoms with Gasteiger partial charge in [0.1, 0.15) is 11.8 Å². The molecule has 1 saturated heterocycles. The van der Waals surface area contributed by atoms with E-state index >= 15 is 0 Å². The number of ether oxygens (including phenoxy) is 1. The van der Waals surface area contributed by atoms with Crippen molar-refractivity contribution < 1.29 is 19.0 Å². The molecule has 4 atom stereocenters. The van der Waals surface area contributed by atoms with Gasteiger partial charge in [0.25, 0.3) is 0 Å². The first-order valence-electron chi connectivity index (χ1n) is 6.08. The Morgan fingerprint density at radius 2 is 2.06 bits per heavy atom. The van der Waals surface area contributed by atoms with Crippen LogP contribution in [0.2, 0.25) is 0 Å². The summed E-state index contributed by atoms with van der Waals surface area (Å²) in [4.78, 5) is 13.4. The van der Waals surface area contributed by atoms with E-state index in [0.29, 0.717) is 19.5 Å². The lowest BCUT2D eigenvalue weighted by Gasteiger charge is -2.25. The molecule has 0 bridgehead atoms. The number of hydrogen-bond donors (Lipinski definition) is 1. The normalized spacial score (nSPS) is 37.1. The Kier molecular flexibility index (Phi) is 3.06. The number of aliphatic hydroxyl groups is 1. The summed E-state index contributed by atoms with van der Waals surface area (Å²) in [6.07, 6.45) is -1.99. The predicted molar refractivity (Wildman–Crippen MR) is 60.3 cm³/mol. The average molecular weight is 245 g/mol. The minimum absolute atomic E-state index is 0.0764. The van der Waals surface area contributed by atoms with Crippen LogP contribution in [0.5, 0.6) is 0 Å². The molecule has 0 aromatic heterocycles. The van der Waals surface area contributed by atoms with Gasteiger partial charge in [-0.05, 0) is 33.1 Å². The summed E-state index contributed by atoms with van der Waals surface area (Å²) in [5, 5.41) is 9.41. The number of rotatable bonds is 0. The first kappa shape index (κ1) is 12.6. The second-order valence-electron chi connectivity index (χ2n) is 6.06. The number of fused-ring (bicyclic) bond motifs is 1. The number of alkyl halides is 1. The highest BCUT2D eigenvalue weighted by molar-refractivity contribution is 5.68. The monoisotopic (exact) mass is 245 g/mol. The Labute approximate surface area is 101 Å².